The van der Waals surface area contributed by atoms with Gasteiger partial charge in [0.1, 0.15) is 0 Å². The summed E-state index contributed by atoms with van der Waals surface area (Å²) in [6, 6.07) is 6.59. The van der Waals surface area contributed by atoms with Crippen LogP contribution in [0.3, 0.4) is 0 Å². The third-order valence-corrected chi connectivity index (χ3v) is 7.74. The number of nitrogens with one attached hydrogen (secondary N) is 2. The minimum absolute atomic E-state index is 0.215. The Balaban J connectivity index is 1.53. The molecule has 26 heavy (non-hydrogen) atoms. The van der Waals surface area contributed by atoms with Gasteiger partial charge < -0.3 is 21.1 Å². The van der Waals surface area contributed by atoms with E-state index in [1.807, 2.05) is 24.3 Å². The predicted octanol–water partition coefficient (Wildman–Crippen LogP) is -0.206. The van der Waals surface area contributed by atoms with Crippen LogP contribution in [0.2, 0.25) is 0 Å². The Morgan fingerprint density at radius 1 is 1.38 bits per heavy atom. The molecule has 5 N–H and O–H groups in total. The largest absolute Gasteiger partial charge is 0.479 e. The number of para-hydroxylation sites is 1. The molecule has 1 aromatic heterocycles. The van der Waals surface area contributed by atoms with Crippen LogP contribution in [0.1, 0.15) is 12.0 Å². The van der Waals surface area contributed by atoms with Gasteiger partial charge in [0.05, 0.1) is 17.0 Å². The quantitative estimate of drug-likeness (QED) is 0.568. The first-order valence-electron chi connectivity index (χ1n) is 8.32. The number of carbonyl (C=O) groups is 2. The van der Waals surface area contributed by atoms with Gasteiger partial charge in [-0.1, -0.05) is 18.2 Å². The maximum Gasteiger partial charge on any atom is 0.330 e. The second-order valence-electron chi connectivity index (χ2n) is 7.12. The van der Waals surface area contributed by atoms with E-state index in [9.17, 15) is 23.1 Å². The number of hydrogen-bond acceptors (Lipinski definition) is 5. The molecule has 138 valence electrons. The van der Waals surface area contributed by atoms with E-state index in [1.165, 1.54) is 0 Å². The van der Waals surface area contributed by atoms with Gasteiger partial charge in [0.15, 0.2) is 15.4 Å². The van der Waals surface area contributed by atoms with Crippen LogP contribution in [0.5, 0.6) is 0 Å². The maximum absolute atomic E-state index is 12.5. The Hall–Kier alpha value is -2.39. The van der Waals surface area contributed by atoms with Gasteiger partial charge in [-0.15, -0.1) is 0 Å². The van der Waals surface area contributed by atoms with Crippen molar-refractivity contribution in [1.29, 1.82) is 0 Å². The molecule has 2 fully saturated rings. The van der Waals surface area contributed by atoms with E-state index in [4.69, 9.17) is 5.73 Å². The van der Waals surface area contributed by atoms with Crippen LogP contribution in [0.15, 0.2) is 30.5 Å². The van der Waals surface area contributed by atoms with Crippen LogP contribution in [0.25, 0.3) is 10.9 Å². The van der Waals surface area contributed by atoms with Gasteiger partial charge in [-0.25, -0.2) is 13.2 Å². The average molecular weight is 377 g/mol. The summed E-state index contributed by atoms with van der Waals surface area (Å²) in [7, 11) is -3.49. The predicted molar refractivity (Wildman–Crippen MR) is 94.2 cm³/mol. The maximum atomic E-state index is 12.5. The van der Waals surface area contributed by atoms with Crippen molar-refractivity contribution in [3.8, 4) is 0 Å². The number of nitrogens with two attached hydrogens (primary N) is 1. The number of carbonyl (C=O) groups excluding carboxylic acids is 1. The highest BCUT2D eigenvalue weighted by Gasteiger charge is 2.70. The van der Waals surface area contributed by atoms with Crippen LogP contribution in [-0.2, 0) is 25.8 Å². The summed E-state index contributed by atoms with van der Waals surface area (Å²) in [5.41, 5.74) is 5.99. The summed E-state index contributed by atoms with van der Waals surface area (Å²) < 4.78 is 24.1. The highest BCUT2D eigenvalue weighted by atomic mass is 32.2. The van der Waals surface area contributed by atoms with E-state index in [2.05, 4.69) is 10.3 Å². The highest BCUT2D eigenvalue weighted by molar-refractivity contribution is 7.92. The summed E-state index contributed by atoms with van der Waals surface area (Å²) in [4.78, 5) is 27.4. The zero-order valence-corrected chi connectivity index (χ0v) is 14.6. The second-order valence-corrected chi connectivity index (χ2v) is 9.34. The van der Waals surface area contributed by atoms with E-state index in [0.717, 1.165) is 16.5 Å². The van der Waals surface area contributed by atoms with E-state index in [1.54, 1.807) is 6.20 Å². The van der Waals surface area contributed by atoms with Crippen molar-refractivity contribution in [2.75, 3.05) is 5.75 Å². The first kappa shape index (κ1) is 17.0. The van der Waals surface area contributed by atoms with Gasteiger partial charge in [0.25, 0.3) is 0 Å². The number of aromatic nitrogens is 1. The molecule has 4 rings (SSSR count). The number of carboxylic acid groups (broad SMARTS) is 1. The van der Waals surface area contributed by atoms with Crippen LogP contribution in [-0.4, -0.2) is 53.0 Å². The summed E-state index contributed by atoms with van der Waals surface area (Å²) in [5, 5.41) is 12.3. The standard InChI is InChI=1S/C17H19N3O5S/c18-12(5-9-7-19-13-4-2-1-3-10(9)13)15(21)20-17(16(22)23)8-26(24,25)14-6-11(14)17/h1-4,7,11-12,14,19H,5-6,8,18H2,(H,20,21)(H,22,23)/t11-,12+,14+,17+/m1/s1. The summed E-state index contributed by atoms with van der Waals surface area (Å²) in [6.07, 6.45) is 2.25. The minimum Gasteiger partial charge on any atom is -0.479 e. The minimum atomic E-state index is -3.49. The Bertz CT molecular complexity index is 1010. The van der Waals surface area contributed by atoms with E-state index in [-0.39, 0.29) is 12.8 Å². The molecule has 2 heterocycles. The fraction of sp³-hybridized carbons (Fsp3) is 0.412. The lowest BCUT2D eigenvalue weighted by atomic mass is 9.94. The molecule has 1 aliphatic carbocycles. The molecular weight excluding hydrogens is 358 g/mol. The van der Waals surface area contributed by atoms with Crippen molar-refractivity contribution in [1.82, 2.24) is 10.3 Å². The van der Waals surface area contributed by atoms with Crippen LogP contribution < -0.4 is 11.1 Å². The molecule has 0 bridgehead atoms. The van der Waals surface area contributed by atoms with Gasteiger partial charge in [-0.3, -0.25) is 4.79 Å². The van der Waals surface area contributed by atoms with Crippen molar-refractivity contribution in [2.45, 2.75) is 29.7 Å². The second kappa shape index (κ2) is 5.55. The third-order valence-electron chi connectivity index (χ3n) is 5.43. The average Bonchev–Trinajstić information content (AvgIpc) is 3.26. The van der Waals surface area contributed by atoms with Gasteiger partial charge in [0.2, 0.25) is 5.91 Å². The number of aliphatic carboxylic acids is 1. The van der Waals surface area contributed by atoms with Crippen molar-refractivity contribution in [2.24, 2.45) is 11.7 Å². The normalized spacial score (nSPS) is 29.9. The molecule has 1 aliphatic heterocycles. The smallest absolute Gasteiger partial charge is 0.330 e. The molecule has 9 heteroatoms. The Labute approximate surface area is 149 Å². The molecule has 0 radical (unpaired) electrons. The first-order valence-corrected chi connectivity index (χ1v) is 10.0. The van der Waals surface area contributed by atoms with Crippen molar-refractivity contribution < 1.29 is 23.1 Å². The number of amides is 1. The molecule has 0 spiro atoms. The number of fused-ring (bicyclic) bond motifs is 2. The van der Waals surface area contributed by atoms with E-state index < -0.39 is 50.2 Å². The Kier molecular flexibility index (Phi) is 3.64. The number of aromatic amines is 1. The van der Waals surface area contributed by atoms with Crippen molar-refractivity contribution >= 4 is 32.6 Å². The number of H-pyrrole nitrogens is 1. The topological polar surface area (TPSA) is 142 Å². The summed E-state index contributed by atoms with van der Waals surface area (Å²) >= 11 is 0. The Morgan fingerprint density at radius 2 is 2.12 bits per heavy atom. The molecule has 1 amide bonds. The lowest BCUT2D eigenvalue weighted by Crippen LogP contribution is -2.61. The van der Waals surface area contributed by atoms with E-state index in [0.29, 0.717) is 0 Å². The van der Waals surface area contributed by atoms with E-state index >= 15 is 0 Å². The van der Waals surface area contributed by atoms with Gasteiger partial charge >= 0.3 is 5.97 Å². The first-order chi connectivity index (χ1) is 12.2. The molecule has 2 aromatic rings. The highest BCUT2D eigenvalue weighted by Crippen LogP contribution is 2.52. The Morgan fingerprint density at radius 3 is 2.73 bits per heavy atom. The number of carboxylic acids is 1. The summed E-state index contributed by atoms with van der Waals surface area (Å²) in [5.74, 6) is -3.12. The molecule has 4 atom stereocenters. The zero-order valence-electron chi connectivity index (χ0n) is 13.8. The van der Waals surface area contributed by atoms with Gasteiger partial charge in [0, 0.05) is 23.0 Å². The lowest BCUT2D eigenvalue weighted by Gasteiger charge is -2.28. The van der Waals surface area contributed by atoms with Gasteiger partial charge in [-0.2, -0.15) is 0 Å². The molecule has 1 saturated carbocycles. The van der Waals surface area contributed by atoms with Crippen molar-refractivity contribution in [3.63, 3.8) is 0 Å². The zero-order chi connectivity index (χ0) is 18.7. The van der Waals surface area contributed by atoms with Crippen LogP contribution in [0.4, 0.5) is 0 Å². The molecule has 1 aromatic carbocycles. The molecule has 2 aliphatic rings. The summed E-state index contributed by atoms with van der Waals surface area (Å²) in [6.45, 7) is 0. The van der Waals surface area contributed by atoms with Crippen LogP contribution >= 0.6 is 0 Å². The molecule has 8 nitrogen and oxygen atoms in total. The van der Waals surface area contributed by atoms with Crippen LogP contribution in [0, 0.1) is 5.92 Å². The number of sulfone groups is 1. The number of rotatable bonds is 5. The third kappa shape index (κ3) is 2.50. The fourth-order valence-electron chi connectivity index (χ4n) is 3.96. The lowest BCUT2D eigenvalue weighted by molar-refractivity contribution is -0.147. The SMILES string of the molecule is N[C@@H](Cc1c[nH]c2ccccc12)C(=O)N[C@@]1(C(=O)O)CS(=O)(=O)[C@H]2C[C@H]21. The molecule has 0 unspecified atom stereocenters. The van der Waals surface area contributed by atoms with Gasteiger partial charge in [-0.05, 0) is 24.5 Å². The molecular formula is C17H19N3O5S. The number of hydrogen-bond donors (Lipinski definition) is 4. The monoisotopic (exact) mass is 377 g/mol. The fourth-order valence-corrected chi connectivity index (χ4v) is 6.46. The number of benzene rings is 1. The van der Waals surface area contributed by atoms with Crippen molar-refractivity contribution in [3.05, 3.63) is 36.0 Å². The molecule has 1 saturated heterocycles.